The Balaban J connectivity index is 2.25. The molecule has 1 saturated carbocycles. The molecular weight excluding hydrogens is 172 g/mol. The van der Waals surface area contributed by atoms with E-state index in [0.717, 1.165) is 12.0 Å². The van der Waals surface area contributed by atoms with Gasteiger partial charge in [0.1, 0.15) is 0 Å². The van der Waals surface area contributed by atoms with Crippen molar-refractivity contribution in [1.82, 2.24) is 9.80 Å². The first-order chi connectivity index (χ1) is 6.59. The summed E-state index contributed by atoms with van der Waals surface area (Å²) in [5.74, 6) is 0.940. The van der Waals surface area contributed by atoms with Crippen LogP contribution in [0.15, 0.2) is 0 Å². The molecule has 0 heterocycles. The quantitative estimate of drug-likeness (QED) is 0.682. The summed E-state index contributed by atoms with van der Waals surface area (Å²) in [6, 6.07) is 0.846. The zero-order chi connectivity index (χ0) is 10.6. The van der Waals surface area contributed by atoms with Gasteiger partial charge in [-0.2, -0.15) is 0 Å². The van der Waals surface area contributed by atoms with Gasteiger partial charge < -0.3 is 9.80 Å². The number of nitrogens with zero attached hydrogens (tertiary/aromatic N) is 2. The van der Waals surface area contributed by atoms with Gasteiger partial charge in [-0.15, -0.1) is 0 Å². The van der Waals surface area contributed by atoms with Crippen molar-refractivity contribution in [2.45, 2.75) is 38.6 Å². The molecule has 0 radical (unpaired) electrons. The summed E-state index contributed by atoms with van der Waals surface area (Å²) < 4.78 is 0. The number of hydrogen-bond donors (Lipinski definition) is 0. The van der Waals surface area contributed by atoms with E-state index in [1.54, 1.807) is 0 Å². The van der Waals surface area contributed by atoms with E-state index in [1.165, 1.54) is 38.8 Å². The molecule has 1 fully saturated rings. The Labute approximate surface area is 89.3 Å². The van der Waals surface area contributed by atoms with Gasteiger partial charge in [-0.05, 0) is 39.9 Å². The average Bonchev–Trinajstić information content (AvgIpc) is 2.14. The maximum Gasteiger partial charge on any atom is 0.0109 e. The van der Waals surface area contributed by atoms with Gasteiger partial charge in [0.15, 0.2) is 0 Å². The Morgan fingerprint density at radius 1 is 1.07 bits per heavy atom. The molecule has 0 aromatic heterocycles. The van der Waals surface area contributed by atoms with E-state index >= 15 is 0 Å². The van der Waals surface area contributed by atoms with E-state index in [1.807, 2.05) is 0 Å². The van der Waals surface area contributed by atoms with Gasteiger partial charge in [-0.25, -0.2) is 0 Å². The van der Waals surface area contributed by atoms with Crippen molar-refractivity contribution in [3.05, 3.63) is 0 Å². The molecule has 0 spiro atoms. The topological polar surface area (TPSA) is 6.48 Å². The Kier molecular flexibility index (Phi) is 4.90. The van der Waals surface area contributed by atoms with E-state index in [0.29, 0.717) is 0 Å². The second-order valence-corrected chi connectivity index (χ2v) is 5.21. The third kappa shape index (κ3) is 3.97. The summed E-state index contributed by atoms with van der Waals surface area (Å²) >= 11 is 0. The maximum absolute atomic E-state index is 2.55. The highest BCUT2D eigenvalue weighted by atomic mass is 15.2. The van der Waals surface area contributed by atoms with Crippen LogP contribution in [0.2, 0.25) is 0 Å². The summed E-state index contributed by atoms with van der Waals surface area (Å²) in [6.45, 7) is 4.79. The molecule has 0 aliphatic heterocycles. The normalized spacial score (nSPS) is 28.7. The zero-order valence-corrected chi connectivity index (χ0v) is 10.3. The number of rotatable bonds is 4. The third-order valence-corrected chi connectivity index (χ3v) is 3.43. The highest BCUT2D eigenvalue weighted by Gasteiger charge is 2.21. The molecule has 0 amide bonds. The van der Waals surface area contributed by atoms with Crippen LogP contribution >= 0.6 is 0 Å². The van der Waals surface area contributed by atoms with Crippen molar-refractivity contribution in [2.24, 2.45) is 5.92 Å². The van der Waals surface area contributed by atoms with Crippen LogP contribution in [0.5, 0.6) is 0 Å². The lowest BCUT2D eigenvalue weighted by Gasteiger charge is -2.34. The van der Waals surface area contributed by atoms with Gasteiger partial charge in [0.05, 0.1) is 0 Å². The van der Waals surface area contributed by atoms with Crippen LogP contribution in [0.25, 0.3) is 0 Å². The van der Waals surface area contributed by atoms with E-state index < -0.39 is 0 Å². The molecule has 0 saturated heterocycles. The van der Waals surface area contributed by atoms with Crippen LogP contribution in [0.3, 0.4) is 0 Å². The van der Waals surface area contributed by atoms with E-state index in [9.17, 15) is 0 Å². The minimum atomic E-state index is 0.846. The summed E-state index contributed by atoms with van der Waals surface area (Å²) in [5.41, 5.74) is 0. The molecule has 2 nitrogen and oxygen atoms in total. The largest absolute Gasteiger partial charge is 0.308 e. The average molecular weight is 198 g/mol. The lowest BCUT2D eigenvalue weighted by Crippen LogP contribution is -2.39. The van der Waals surface area contributed by atoms with Crippen molar-refractivity contribution in [3.63, 3.8) is 0 Å². The highest BCUT2D eigenvalue weighted by molar-refractivity contribution is 4.77. The smallest absolute Gasteiger partial charge is 0.0109 e. The Morgan fingerprint density at radius 3 is 2.36 bits per heavy atom. The lowest BCUT2D eigenvalue weighted by molar-refractivity contribution is 0.153. The van der Waals surface area contributed by atoms with E-state index in [2.05, 4.69) is 37.9 Å². The minimum absolute atomic E-state index is 0.846. The monoisotopic (exact) mass is 198 g/mol. The molecule has 2 atom stereocenters. The first-order valence-electron chi connectivity index (χ1n) is 5.94. The zero-order valence-electron chi connectivity index (χ0n) is 10.3. The fraction of sp³-hybridized carbons (Fsp3) is 1.00. The van der Waals surface area contributed by atoms with Crippen LogP contribution in [0, 0.1) is 5.92 Å². The number of hydrogen-bond acceptors (Lipinski definition) is 2. The molecule has 14 heavy (non-hydrogen) atoms. The van der Waals surface area contributed by atoms with E-state index in [4.69, 9.17) is 0 Å². The minimum Gasteiger partial charge on any atom is -0.308 e. The van der Waals surface area contributed by atoms with Crippen molar-refractivity contribution in [3.8, 4) is 0 Å². The standard InChI is InChI=1S/C12H26N2/c1-11-6-5-7-12(10-11)14(4)9-8-13(2)3/h11-12H,5-10H2,1-4H3. The van der Waals surface area contributed by atoms with Gasteiger partial charge >= 0.3 is 0 Å². The van der Waals surface area contributed by atoms with Crippen LogP contribution < -0.4 is 0 Å². The number of likely N-dealkylation sites (N-methyl/N-ethyl adjacent to an activating group) is 2. The molecule has 0 aromatic rings. The van der Waals surface area contributed by atoms with Crippen LogP contribution in [-0.4, -0.2) is 50.1 Å². The summed E-state index contributed by atoms with van der Waals surface area (Å²) in [6.07, 6.45) is 5.69. The van der Waals surface area contributed by atoms with Gasteiger partial charge in [0.2, 0.25) is 0 Å². The molecule has 1 rings (SSSR count). The SMILES string of the molecule is CC1CCCC(N(C)CCN(C)C)C1. The highest BCUT2D eigenvalue weighted by Crippen LogP contribution is 2.26. The molecule has 0 bridgehead atoms. The van der Waals surface area contributed by atoms with Crippen LogP contribution in [0.1, 0.15) is 32.6 Å². The third-order valence-electron chi connectivity index (χ3n) is 3.43. The summed E-state index contributed by atoms with van der Waals surface area (Å²) in [7, 11) is 6.58. The lowest BCUT2D eigenvalue weighted by atomic mass is 9.86. The Bertz CT molecular complexity index is 156. The van der Waals surface area contributed by atoms with Gasteiger partial charge in [0.25, 0.3) is 0 Å². The first kappa shape index (κ1) is 12.0. The van der Waals surface area contributed by atoms with Gasteiger partial charge in [-0.1, -0.05) is 19.8 Å². The van der Waals surface area contributed by atoms with Crippen molar-refractivity contribution >= 4 is 0 Å². The maximum atomic E-state index is 2.55. The molecule has 2 unspecified atom stereocenters. The molecule has 0 aromatic carbocycles. The van der Waals surface area contributed by atoms with Crippen LogP contribution in [0.4, 0.5) is 0 Å². The summed E-state index contributed by atoms with van der Waals surface area (Å²) in [5, 5.41) is 0. The molecule has 1 aliphatic rings. The van der Waals surface area contributed by atoms with Crippen molar-refractivity contribution in [1.29, 1.82) is 0 Å². The molecule has 84 valence electrons. The fourth-order valence-electron chi connectivity index (χ4n) is 2.34. The fourth-order valence-corrected chi connectivity index (χ4v) is 2.34. The Hall–Kier alpha value is -0.0800. The first-order valence-corrected chi connectivity index (χ1v) is 5.94. The van der Waals surface area contributed by atoms with Crippen molar-refractivity contribution < 1.29 is 0 Å². The predicted octanol–water partition coefficient (Wildman–Crippen LogP) is 2.06. The molecule has 2 heteroatoms. The predicted molar refractivity (Wildman–Crippen MR) is 62.6 cm³/mol. The summed E-state index contributed by atoms with van der Waals surface area (Å²) in [4.78, 5) is 4.82. The molecular formula is C12H26N2. The van der Waals surface area contributed by atoms with Crippen molar-refractivity contribution in [2.75, 3.05) is 34.2 Å². The van der Waals surface area contributed by atoms with Gasteiger partial charge in [-0.3, -0.25) is 0 Å². The second-order valence-electron chi connectivity index (χ2n) is 5.21. The Morgan fingerprint density at radius 2 is 1.79 bits per heavy atom. The molecule has 0 N–H and O–H groups in total. The second kappa shape index (κ2) is 5.72. The van der Waals surface area contributed by atoms with Crippen LogP contribution in [-0.2, 0) is 0 Å². The molecule has 1 aliphatic carbocycles. The van der Waals surface area contributed by atoms with Gasteiger partial charge in [0, 0.05) is 19.1 Å². The van der Waals surface area contributed by atoms with E-state index in [-0.39, 0.29) is 0 Å².